The van der Waals surface area contributed by atoms with Gasteiger partial charge in [-0.15, -0.1) is 0 Å². The molecule has 0 radical (unpaired) electrons. The highest BCUT2D eigenvalue weighted by Crippen LogP contribution is 2.21. The Morgan fingerprint density at radius 1 is 1.26 bits per heavy atom. The predicted octanol–water partition coefficient (Wildman–Crippen LogP) is 5.21. The number of benzene rings is 2. The molecule has 0 spiro atoms. The van der Waals surface area contributed by atoms with Crippen molar-refractivity contribution < 1.29 is 13.9 Å². The molecule has 1 amide bonds. The van der Waals surface area contributed by atoms with E-state index >= 15 is 0 Å². The lowest BCUT2D eigenvalue weighted by Gasteiger charge is -2.14. The van der Waals surface area contributed by atoms with E-state index in [1.54, 1.807) is 25.1 Å². The van der Waals surface area contributed by atoms with E-state index in [1.807, 2.05) is 12.1 Å². The number of nitrogens with zero attached hydrogens (tertiary/aromatic N) is 1. The number of nitrogens with one attached hydrogen (secondary N) is 1. The SMILES string of the molecule is CCOC(=O)N(Cl)c1ccc(CNc2ccc(Cl)c(F)c2)cc1. The van der Waals surface area contributed by atoms with Crippen LogP contribution in [0.4, 0.5) is 20.6 Å². The summed E-state index contributed by atoms with van der Waals surface area (Å²) in [5.41, 5.74) is 2.07. The van der Waals surface area contributed by atoms with Crippen molar-refractivity contribution in [1.82, 2.24) is 0 Å². The van der Waals surface area contributed by atoms with Gasteiger partial charge in [0.15, 0.2) is 0 Å². The van der Waals surface area contributed by atoms with Gasteiger partial charge in [0.2, 0.25) is 0 Å². The number of halogens is 3. The van der Waals surface area contributed by atoms with Gasteiger partial charge in [-0.25, -0.2) is 9.18 Å². The summed E-state index contributed by atoms with van der Waals surface area (Å²) in [6.07, 6.45) is -0.628. The van der Waals surface area contributed by atoms with Crippen LogP contribution in [-0.2, 0) is 11.3 Å². The van der Waals surface area contributed by atoms with E-state index in [9.17, 15) is 9.18 Å². The second-order valence-electron chi connectivity index (χ2n) is 4.63. The molecule has 7 heteroatoms. The highest BCUT2D eigenvalue weighted by molar-refractivity contribution is 6.35. The van der Waals surface area contributed by atoms with Crippen LogP contribution in [0.5, 0.6) is 0 Å². The molecule has 0 bridgehead atoms. The van der Waals surface area contributed by atoms with Gasteiger partial charge in [0, 0.05) is 24.0 Å². The topological polar surface area (TPSA) is 41.6 Å². The molecule has 0 aromatic heterocycles. The van der Waals surface area contributed by atoms with Crippen molar-refractivity contribution in [1.29, 1.82) is 0 Å². The van der Waals surface area contributed by atoms with Gasteiger partial charge in [0.25, 0.3) is 0 Å². The van der Waals surface area contributed by atoms with Gasteiger partial charge in [-0.2, -0.15) is 4.42 Å². The van der Waals surface area contributed by atoms with Crippen LogP contribution in [0.25, 0.3) is 0 Å². The fourth-order valence-electron chi connectivity index (χ4n) is 1.84. The van der Waals surface area contributed by atoms with Crippen molar-refractivity contribution in [2.75, 3.05) is 16.3 Å². The van der Waals surface area contributed by atoms with Crippen LogP contribution >= 0.6 is 23.4 Å². The van der Waals surface area contributed by atoms with Crippen LogP contribution in [0.3, 0.4) is 0 Å². The van der Waals surface area contributed by atoms with Gasteiger partial charge in [-0.3, -0.25) is 0 Å². The maximum atomic E-state index is 13.3. The van der Waals surface area contributed by atoms with E-state index in [1.165, 1.54) is 12.1 Å². The van der Waals surface area contributed by atoms with E-state index in [2.05, 4.69) is 5.32 Å². The van der Waals surface area contributed by atoms with Crippen LogP contribution in [-0.4, -0.2) is 12.7 Å². The summed E-state index contributed by atoms with van der Waals surface area (Å²) in [7, 11) is 0. The minimum absolute atomic E-state index is 0.0843. The Morgan fingerprint density at radius 2 is 1.96 bits per heavy atom. The third-order valence-electron chi connectivity index (χ3n) is 3.01. The molecule has 0 saturated heterocycles. The molecule has 0 fully saturated rings. The molecule has 0 aliphatic heterocycles. The molecule has 1 N–H and O–H groups in total. The molecular formula is C16H15Cl2FN2O2. The van der Waals surface area contributed by atoms with Crippen LogP contribution in [0.1, 0.15) is 12.5 Å². The average molecular weight is 357 g/mol. The van der Waals surface area contributed by atoms with Crippen LogP contribution in [0, 0.1) is 5.82 Å². The second kappa shape index (κ2) is 8.04. The molecule has 2 aromatic carbocycles. The first-order valence-corrected chi connectivity index (χ1v) is 7.63. The van der Waals surface area contributed by atoms with Crippen LogP contribution < -0.4 is 9.74 Å². The number of hydrogen-bond donors (Lipinski definition) is 1. The monoisotopic (exact) mass is 356 g/mol. The van der Waals surface area contributed by atoms with Gasteiger partial charge >= 0.3 is 6.09 Å². The number of carbonyl (C=O) groups is 1. The minimum Gasteiger partial charge on any atom is -0.449 e. The van der Waals surface area contributed by atoms with Crippen molar-refractivity contribution >= 4 is 40.8 Å². The Labute approximate surface area is 143 Å². The van der Waals surface area contributed by atoms with Gasteiger partial charge in [-0.1, -0.05) is 23.7 Å². The van der Waals surface area contributed by atoms with Crippen molar-refractivity contribution in [3.63, 3.8) is 0 Å². The Hall–Kier alpha value is -1.98. The van der Waals surface area contributed by atoms with Gasteiger partial charge in [-0.05, 0) is 42.8 Å². The molecule has 0 saturated carbocycles. The molecule has 0 unspecified atom stereocenters. The highest BCUT2D eigenvalue weighted by atomic mass is 35.5. The van der Waals surface area contributed by atoms with Crippen molar-refractivity contribution in [3.05, 3.63) is 58.9 Å². The zero-order valence-corrected chi connectivity index (χ0v) is 13.9. The zero-order valence-electron chi connectivity index (χ0n) is 12.4. The maximum Gasteiger partial charge on any atom is 0.429 e. The lowest BCUT2D eigenvalue weighted by Crippen LogP contribution is -2.21. The number of amides is 1. The fraction of sp³-hybridized carbons (Fsp3) is 0.188. The lowest BCUT2D eigenvalue weighted by atomic mass is 10.2. The van der Waals surface area contributed by atoms with Crippen molar-refractivity contribution in [2.24, 2.45) is 0 Å². The van der Waals surface area contributed by atoms with Crippen LogP contribution in [0.15, 0.2) is 42.5 Å². The van der Waals surface area contributed by atoms with Gasteiger partial charge in [0.05, 0.1) is 17.3 Å². The fourth-order valence-corrected chi connectivity index (χ4v) is 2.12. The molecule has 2 rings (SSSR count). The van der Waals surface area contributed by atoms with E-state index < -0.39 is 11.9 Å². The van der Waals surface area contributed by atoms with Gasteiger partial charge in [0.1, 0.15) is 5.82 Å². The third kappa shape index (κ3) is 4.74. The summed E-state index contributed by atoms with van der Waals surface area (Å²) >= 11 is 11.5. The molecule has 122 valence electrons. The number of carbonyl (C=O) groups excluding carboxylic acids is 1. The van der Waals surface area contributed by atoms with E-state index in [0.29, 0.717) is 17.9 Å². The van der Waals surface area contributed by atoms with Crippen LogP contribution in [0.2, 0.25) is 5.02 Å². The average Bonchev–Trinajstić information content (AvgIpc) is 2.56. The minimum atomic E-state index is -0.628. The molecule has 0 heterocycles. The number of anilines is 2. The Morgan fingerprint density at radius 3 is 2.57 bits per heavy atom. The smallest absolute Gasteiger partial charge is 0.429 e. The third-order valence-corrected chi connectivity index (χ3v) is 3.65. The Bertz CT molecular complexity index is 680. The molecule has 0 atom stereocenters. The molecular weight excluding hydrogens is 342 g/mol. The second-order valence-corrected chi connectivity index (χ2v) is 5.37. The first-order valence-electron chi connectivity index (χ1n) is 6.91. The summed E-state index contributed by atoms with van der Waals surface area (Å²) in [5, 5.41) is 3.17. The molecule has 0 aliphatic rings. The molecule has 4 nitrogen and oxygen atoms in total. The normalized spacial score (nSPS) is 10.3. The summed E-state index contributed by atoms with van der Waals surface area (Å²) < 4.78 is 19.1. The van der Waals surface area contributed by atoms with Crippen molar-refractivity contribution in [2.45, 2.75) is 13.5 Å². The van der Waals surface area contributed by atoms with E-state index in [-0.39, 0.29) is 11.6 Å². The lowest BCUT2D eigenvalue weighted by molar-refractivity contribution is 0.164. The Kier molecular flexibility index (Phi) is 6.07. The maximum absolute atomic E-state index is 13.3. The number of rotatable bonds is 5. The summed E-state index contributed by atoms with van der Waals surface area (Å²) in [6.45, 7) is 2.45. The quantitative estimate of drug-likeness (QED) is 0.747. The zero-order chi connectivity index (χ0) is 16.8. The van der Waals surface area contributed by atoms with Gasteiger partial charge < -0.3 is 10.1 Å². The first kappa shape index (κ1) is 17.4. The highest BCUT2D eigenvalue weighted by Gasteiger charge is 2.13. The molecule has 0 aliphatic carbocycles. The van der Waals surface area contributed by atoms with Crippen molar-refractivity contribution in [3.8, 4) is 0 Å². The summed E-state index contributed by atoms with van der Waals surface area (Å²) in [5.74, 6) is -0.473. The molecule has 23 heavy (non-hydrogen) atoms. The molecule has 2 aromatic rings. The summed E-state index contributed by atoms with van der Waals surface area (Å²) in [6, 6.07) is 11.5. The Balaban J connectivity index is 1.97. The first-order chi connectivity index (χ1) is 11.0. The van der Waals surface area contributed by atoms with E-state index in [4.69, 9.17) is 28.1 Å². The standard InChI is InChI=1S/C16H15Cl2FN2O2/c1-2-23-16(22)21(18)13-6-3-11(4-7-13)10-20-12-5-8-14(17)15(19)9-12/h3-9,20H,2,10H2,1H3. The van der Waals surface area contributed by atoms with E-state index in [0.717, 1.165) is 9.98 Å². The predicted molar refractivity (Wildman–Crippen MR) is 90.5 cm³/mol. The largest absolute Gasteiger partial charge is 0.449 e. The summed E-state index contributed by atoms with van der Waals surface area (Å²) in [4.78, 5) is 11.5. The number of ether oxygens (including phenoxy) is 1. The number of hydrogen-bond acceptors (Lipinski definition) is 3.